The molecule has 2 atom stereocenters. The van der Waals surface area contributed by atoms with Gasteiger partial charge in [0.25, 0.3) is 5.91 Å². The maximum atomic E-state index is 12.5. The minimum atomic E-state index is -0.677. The van der Waals surface area contributed by atoms with E-state index in [2.05, 4.69) is 10.3 Å². The Morgan fingerprint density at radius 3 is 2.55 bits per heavy atom. The molecular formula is C22H27N3O4. The van der Waals surface area contributed by atoms with E-state index in [1.807, 2.05) is 30.3 Å². The lowest BCUT2D eigenvalue weighted by Crippen LogP contribution is -2.25. The third-order valence-corrected chi connectivity index (χ3v) is 4.03. The molecule has 7 nitrogen and oxygen atoms in total. The number of nitrogens with two attached hydrogens (primary N) is 1. The van der Waals surface area contributed by atoms with Gasteiger partial charge in [0.1, 0.15) is 30.0 Å². The van der Waals surface area contributed by atoms with Crippen molar-refractivity contribution < 1.29 is 19.4 Å². The van der Waals surface area contributed by atoms with Gasteiger partial charge in [0.2, 0.25) is 0 Å². The van der Waals surface area contributed by atoms with Crippen LogP contribution in [0.1, 0.15) is 29.8 Å². The molecule has 0 aliphatic heterocycles. The fraction of sp³-hybridized carbons (Fsp3) is 0.273. The lowest BCUT2D eigenvalue weighted by molar-refractivity contribution is 0.0601. The number of nitrogens with zero attached hydrogens (tertiary/aromatic N) is 1. The molecule has 0 radical (unpaired) electrons. The van der Waals surface area contributed by atoms with Gasteiger partial charge in [0.05, 0.1) is 6.10 Å². The molecule has 0 bridgehead atoms. The quantitative estimate of drug-likeness (QED) is 0.444. The van der Waals surface area contributed by atoms with Gasteiger partial charge < -0.3 is 25.6 Å². The number of benzene rings is 2. The number of carbonyl (C=O) groups is 1. The number of carbonyl (C=O) groups excluding carboxylic acids is 1. The molecule has 0 saturated carbocycles. The summed E-state index contributed by atoms with van der Waals surface area (Å²) >= 11 is 0. The SMILES string of the molecule is CN/C=C\C(N)=NC(=O)c1cc(OCc2ccccc2)cc(OC(C)C(C)O)c1. The number of nitrogens with one attached hydrogen (secondary N) is 1. The Labute approximate surface area is 170 Å². The fourth-order valence-electron chi connectivity index (χ4n) is 2.29. The first-order valence-electron chi connectivity index (χ1n) is 9.28. The molecule has 0 heterocycles. The molecule has 0 aliphatic carbocycles. The topological polar surface area (TPSA) is 106 Å². The summed E-state index contributed by atoms with van der Waals surface area (Å²) < 4.78 is 11.6. The Morgan fingerprint density at radius 2 is 1.90 bits per heavy atom. The van der Waals surface area contributed by atoms with Crippen LogP contribution in [0.4, 0.5) is 0 Å². The highest BCUT2D eigenvalue weighted by Crippen LogP contribution is 2.26. The largest absolute Gasteiger partial charge is 0.489 e. The zero-order chi connectivity index (χ0) is 21.2. The van der Waals surface area contributed by atoms with Crippen molar-refractivity contribution in [2.45, 2.75) is 32.7 Å². The van der Waals surface area contributed by atoms with Crippen LogP contribution in [0.15, 0.2) is 65.8 Å². The third-order valence-electron chi connectivity index (χ3n) is 4.03. The van der Waals surface area contributed by atoms with Crippen molar-refractivity contribution in [3.8, 4) is 11.5 Å². The smallest absolute Gasteiger partial charge is 0.279 e. The third kappa shape index (κ3) is 7.31. The van der Waals surface area contributed by atoms with Crippen molar-refractivity contribution in [1.82, 2.24) is 5.32 Å². The van der Waals surface area contributed by atoms with Crippen molar-refractivity contribution in [2.75, 3.05) is 7.05 Å². The number of aliphatic hydroxyl groups is 1. The molecule has 2 unspecified atom stereocenters. The van der Waals surface area contributed by atoms with Gasteiger partial charge in [-0.1, -0.05) is 30.3 Å². The lowest BCUT2D eigenvalue weighted by Gasteiger charge is -2.18. The summed E-state index contributed by atoms with van der Waals surface area (Å²) in [4.78, 5) is 16.4. The molecular weight excluding hydrogens is 370 g/mol. The summed E-state index contributed by atoms with van der Waals surface area (Å²) in [7, 11) is 1.71. The summed E-state index contributed by atoms with van der Waals surface area (Å²) in [5, 5.41) is 12.5. The van der Waals surface area contributed by atoms with E-state index in [-0.39, 0.29) is 11.4 Å². The van der Waals surface area contributed by atoms with Crippen LogP contribution in [0, 0.1) is 0 Å². The van der Waals surface area contributed by atoms with Gasteiger partial charge in [0.15, 0.2) is 0 Å². The summed E-state index contributed by atoms with van der Waals surface area (Å²) in [5.41, 5.74) is 6.99. The Balaban J connectivity index is 2.28. The Morgan fingerprint density at radius 1 is 1.21 bits per heavy atom. The lowest BCUT2D eigenvalue weighted by atomic mass is 10.1. The van der Waals surface area contributed by atoms with E-state index in [1.165, 1.54) is 6.08 Å². The second kappa shape index (κ2) is 10.9. The van der Waals surface area contributed by atoms with Crippen molar-refractivity contribution in [1.29, 1.82) is 0 Å². The van der Waals surface area contributed by atoms with Crippen LogP contribution in [-0.4, -0.2) is 36.1 Å². The van der Waals surface area contributed by atoms with E-state index in [9.17, 15) is 9.90 Å². The molecule has 154 valence electrons. The van der Waals surface area contributed by atoms with Crippen LogP contribution in [0.3, 0.4) is 0 Å². The minimum absolute atomic E-state index is 0.0692. The number of ether oxygens (including phenoxy) is 2. The highest BCUT2D eigenvalue weighted by atomic mass is 16.5. The average molecular weight is 397 g/mol. The molecule has 0 spiro atoms. The van der Waals surface area contributed by atoms with Crippen molar-refractivity contribution in [3.63, 3.8) is 0 Å². The molecule has 0 aromatic heterocycles. The van der Waals surface area contributed by atoms with E-state index >= 15 is 0 Å². The molecule has 2 aromatic rings. The molecule has 0 saturated heterocycles. The Kier molecular flexibility index (Phi) is 8.24. The number of amides is 1. The Bertz CT molecular complexity index is 864. The van der Waals surface area contributed by atoms with E-state index in [0.717, 1.165) is 5.56 Å². The standard InChI is InChI=1S/C22H27N3O4/c1-15(26)16(2)29-20-12-18(22(27)25-21(23)9-10-24-3)11-19(13-20)28-14-17-7-5-4-6-8-17/h4-13,15-16,24,26H,14H2,1-3H3,(H2,23,25,27)/b10-9-. The summed E-state index contributed by atoms with van der Waals surface area (Å²) in [6, 6.07) is 14.5. The monoisotopic (exact) mass is 397 g/mol. The first kappa shape index (κ1) is 22.0. The number of aliphatic hydroxyl groups excluding tert-OH is 1. The van der Waals surface area contributed by atoms with E-state index in [1.54, 1.807) is 45.3 Å². The summed E-state index contributed by atoms with van der Waals surface area (Å²) in [5.74, 6) is 0.390. The van der Waals surface area contributed by atoms with Gasteiger partial charge >= 0.3 is 0 Å². The average Bonchev–Trinajstić information content (AvgIpc) is 2.71. The van der Waals surface area contributed by atoms with Crippen LogP contribution in [-0.2, 0) is 6.61 Å². The van der Waals surface area contributed by atoms with Gasteiger partial charge in [-0.15, -0.1) is 0 Å². The normalized spacial score (nSPS) is 13.7. The summed E-state index contributed by atoms with van der Waals surface area (Å²) in [6.45, 7) is 3.70. The molecule has 2 rings (SSSR count). The van der Waals surface area contributed by atoms with E-state index in [4.69, 9.17) is 15.2 Å². The second-order valence-corrected chi connectivity index (χ2v) is 6.49. The zero-order valence-corrected chi connectivity index (χ0v) is 16.8. The molecule has 2 aromatic carbocycles. The van der Waals surface area contributed by atoms with Crippen LogP contribution < -0.4 is 20.5 Å². The molecule has 0 fully saturated rings. The van der Waals surface area contributed by atoms with Crippen LogP contribution in [0.25, 0.3) is 0 Å². The van der Waals surface area contributed by atoms with E-state index in [0.29, 0.717) is 18.1 Å². The van der Waals surface area contributed by atoms with Gasteiger partial charge in [-0.2, -0.15) is 4.99 Å². The zero-order valence-electron chi connectivity index (χ0n) is 16.8. The first-order chi connectivity index (χ1) is 13.9. The van der Waals surface area contributed by atoms with Gasteiger partial charge in [-0.25, -0.2) is 0 Å². The molecule has 1 amide bonds. The number of amidine groups is 1. The van der Waals surface area contributed by atoms with Crippen molar-refractivity contribution in [3.05, 3.63) is 71.9 Å². The van der Waals surface area contributed by atoms with Crippen molar-refractivity contribution >= 4 is 11.7 Å². The highest BCUT2D eigenvalue weighted by molar-refractivity contribution is 6.06. The molecule has 0 aliphatic rings. The van der Waals surface area contributed by atoms with Crippen LogP contribution >= 0.6 is 0 Å². The second-order valence-electron chi connectivity index (χ2n) is 6.49. The number of aliphatic imine (C=N–C) groups is 1. The Hall–Kier alpha value is -3.32. The van der Waals surface area contributed by atoms with Crippen LogP contribution in [0.2, 0.25) is 0 Å². The highest BCUT2D eigenvalue weighted by Gasteiger charge is 2.15. The fourth-order valence-corrected chi connectivity index (χ4v) is 2.29. The predicted molar refractivity (Wildman–Crippen MR) is 113 cm³/mol. The number of rotatable bonds is 9. The van der Waals surface area contributed by atoms with Gasteiger partial charge in [0, 0.05) is 18.7 Å². The van der Waals surface area contributed by atoms with Crippen molar-refractivity contribution in [2.24, 2.45) is 10.7 Å². The van der Waals surface area contributed by atoms with E-state index < -0.39 is 18.1 Å². The number of hydrogen-bond acceptors (Lipinski definition) is 5. The van der Waals surface area contributed by atoms with Crippen LogP contribution in [0.5, 0.6) is 11.5 Å². The summed E-state index contributed by atoms with van der Waals surface area (Å²) in [6.07, 6.45) is 1.92. The minimum Gasteiger partial charge on any atom is -0.489 e. The molecule has 7 heteroatoms. The number of hydrogen-bond donors (Lipinski definition) is 3. The van der Waals surface area contributed by atoms with Gasteiger partial charge in [-0.3, -0.25) is 4.79 Å². The molecule has 29 heavy (non-hydrogen) atoms. The predicted octanol–water partition coefficient (Wildman–Crippen LogP) is 2.64. The maximum Gasteiger partial charge on any atom is 0.279 e. The first-order valence-corrected chi connectivity index (χ1v) is 9.28. The maximum absolute atomic E-state index is 12.5. The molecule has 4 N–H and O–H groups in total. The van der Waals surface area contributed by atoms with Gasteiger partial charge in [-0.05, 0) is 43.8 Å².